The minimum Gasteiger partial charge on any atom is -0.508 e. The molecule has 3 aromatic carbocycles. The summed E-state index contributed by atoms with van der Waals surface area (Å²) in [5.41, 5.74) is 5.70. The third kappa shape index (κ3) is 5.52. The summed E-state index contributed by atoms with van der Waals surface area (Å²) in [4.78, 5) is 33.5. The Balaban J connectivity index is 0.00000127. The number of likely N-dealkylation sites (N-methyl/N-ethyl adjacent to an activating group) is 1. The number of aromatic nitrogens is 4. The lowest BCUT2D eigenvalue weighted by Gasteiger charge is -2.34. The molecule has 3 heterocycles. The van der Waals surface area contributed by atoms with Gasteiger partial charge in [-0.05, 0) is 67.7 Å². The van der Waals surface area contributed by atoms with Gasteiger partial charge < -0.3 is 24.9 Å². The number of carbonyl (C=O) groups is 1. The number of fused-ring (bicyclic) bond motifs is 2. The highest BCUT2D eigenvalue weighted by Crippen LogP contribution is 2.25. The number of carbonyl (C=O) groups excluding carboxylic acids is 1. The van der Waals surface area contributed by atoms with Crippen molar-refractivity contribution in [1.82, 2.24) is 24.8 Å². The first-order chi connectivity index (χ1) is 16.5. The molecule has 1 saturated heterocycles. The van der Waals surface area contributed by atoms with Gasteiger partial charge >= 0.3 is 0 Å². The first kappa shape index (κ1) is 28.3. The van der Waals surface area contributed by atoms with E-state index in [0.717, 1.165) is 59.5 Å². The van der Waals surface area contributed by atoms with Crippen LogP contribution in [-0.4, -0.2) is 69.0 Å². The molecule has 3 N–H and O–H groups in total. The van der Waals surface area contributed by atoms with Gasteiger partial charge in [-0.15, -0.1) is 37.2 Å². The molecule has 0 bridgehead atoms. The zero-order valence-corrected chi connectivity index (χ0v) is 22.4. The van der Waals surface area contributed by atoms with Crippen LogP contribution in [0.5, 0.6) is 5.75 Å². The molecule has 6 rings (SSSR count). The minimum absolute atomic E-state index is 0. The van der Waals surface area contributed by atoms with Crippen LogP contribution in [0.1, 0.15) is 16.2 Å². The number of imidazole rings is 2. The summed E-state index contributed by atoms with van der Waals surface area (Å²) >= 11 is 0. The van der Waals surface area contributed by atoms with Crippen molar-refractivity contribution in [2.75, 3.05) is 38.1 Å². The van der Waals surface area contributed by atoms with Crippen LogP contribution in [0.4, 0.5) is 5.69 Å². The van der Waals surface area contributed by atoms with E-state index in [4.69, 9.17) is 0 Å². The van der Waals surface area contributed by atoms with Crippen LogP contribution in [0.15, 0.2) is 60.7 Å². The fourth-order valence-electron chi connectivity index (χ4n) is 4.41. The van der Waals surface area contributed by atoms with Gasteiger partial charge in [0.25, 0.3) is 0 Å². The molecular weight excluding hydrogens is 535 g/mol. The topological polar surface area (TPSA) is 101 Å². The van der Waals surface area contributed by atoms with E-state index in [2.05, 4.69) is 48.9 Å². The molecule has 5 aromatic rings. The molecule has 2 aromatic heterocycles. The lowest BCUT2D eigenvalue weighted by molar-refractivity contribution is 0.103. The maximum atomic E-state index is 13.2. The molecule has 37 heavy (non-hydrogen) atoms. The van der Waals surface area contributed by atoms with Gasteiger partial charge in [0.15, 0.2) is 5.82 Å². The van der Waals surface area contributed by atoms with Gasteiger partial charge in [0.05, 0.1) is 22.1 Å². The number of phenols is 1. The number of piperazine rings is 1. The average Bonchev–Trinajstić information content (AvgIpc) is 3.48. The van der Waals surface area contributed by atoms with E-state index in [0.29, 0.717) is 17.2 Å². The van der Waals surface area contributed by atoms with Gasteiger partial charge in [-0.2, -0.15) is 0 Å². The zero-order valence-electron chi connectivity index (χ0n) is 20.0. The van der Waals surface area contributed by atoms with Gasteiger partial charge in [-0.3, -0.25) is 4.79 Å². The number of nitrogens with one attached hydrogen (secondary N) is 2. The number of benzene rings is 3. The summed E-state index contributed by atoms with van der Waals surface area (Å²) in [6, 6.07) is 18.4. The molecule has 0 spiro atoms. The van der Waals surface area contributed by atoms with Crippen molar-refractivity contribution in [2.45, 2.75) is 0 Å². The van der Waals surface area contributed by atoms with Crippen molar-refractivity contribution < 1.29 is 9.90 Å². The van der Waals surface area contributed by atoms with E-state index in [1.165, 1.54) is 0 Å². The Kier molecular flexibility index (Phi) is 8.71. The Labute approximate surface area is 232 Å². The monoisotopic (exact) mass is 560 g/mol. The Bertz CT molecular complexity index is 1520. The van der Waals surface area contributed by atoms with E-state index >= 15 is 0 Å². The average molecular weight is 562 g/mol. The summed E-state index contributed by atoms with van der Waals surface area (Å²) in [6.45, 7) is 4.04. The highest BCUT2D eigenvalue weighted by atomic mass is 35.5. The summed E-state index contributed by atoms with van der Waals surface area (Å²) in [5, 5.41) is 9.51. The fourth-order valence-corrected chi connectivity index (χ4v) is 4.41. The lowest BCUT2D eigenvalue weighted by atomic mass is 10.1. The van der Waals surface area contributed by atoms with Crippen LogP contribution in [-0.2, 0) is 0 Å². The Hall–Kier alpha value is -3.30. The highest BCUT2D eigenvalue weighted by molar-refractivity contribution is 6.09. The molecule has 0 aliphatic carbocycles. The standard InChI is InChI=1S/C26H24N6O2.3ClH/c1-31-10-12-32(13-11-31)18-5-9-21-23(15-18)30-26(28-21)24(34)17-4-8-20-22(14-17)29-25(27-20)16-2-6-19(33)7-3-16;;;/h2-9,14-15,33H,10-13H2,1H3,(H,27,29)(H,28,30);3*1H. The van der Waals surface area contributed by atoms with Gasteiger partial charge in [0.2, 0.25) is 5.78 Å². The second-order valence-electron chi connectivity index (χ2n) is 8.77. The first-order valence-corrected chi connectivity index (χ1v) is 11.3. The van der Waals surface area contributed by atoms with Gasteiger partial charge in [0.1, 0.15) is 11.6 Å². The molecule has 1 fully saturated rings. The predicted octanol–water partition coefficient (Wildman–Crippen LogP) is 5.06. The number of aromatic hydroxyl groups is 1. The van der Waals surface area contributed by atoms with E-state index in [9.17, 15) is 9.90 Å². The number of ketones is 1. The van der Waals surface area contributed by atoms with Gasteiger partial charge in [-0.25, -0.2) is 9.97 Å². The molecule has 0 unspecified atom stereocenters. The largest absolute Gasteiger partial charge is 0.508 e. The summed E-state index contributed by atoms with van der Waals surface area (Å²) in [5.74, 6) is 1.04. The van der Waals surface area contributed by atoms with Crippen molar-refractivity contribution in [3.05, 3.63) is 72.1 Å². The quantitative estimate of drug-likeness (QED) is 0.265. The number of rotatable bonds is 4. The van der Waals surface area contributed by atoms with E-state index < -0.39 is 0 Å². The van der Waals surface area contributed by atoms with Crippen LogP contribution in [0.2, 0.25) is 0 Å². The van der Waals surface area contributed by atoms with Crippen molar-refractivity contribution in [2.24, 2.45) is 0 Å². The molecule has 8 nitrogen and oxygen atoms in total. The van der Waals surface area contributed by atoms with Crippen molar-refractivity contribution >= 4 is 70.8 Å². The molecule has 1 aliphatic heterocycles. The predicted molar refractivity (Wildman–Crippen MR) is 154 cm³/mol. The van der Waals surface area contributed by atoms with Crippen LogP contribution in [0, 0.1) is 0 Å². The normalized spacial score (nSPS) is 13.6. The van der Waals surface area contributed by atoms with Gasteiger partial charge in [-0.1, -0.05) is 0 Å². The van der Waals surface area contributed by atoms with Crippen LogP contribution >= 0.6 is 37.2 Å². The highest BCUT2D eigenvalue weighted by Gasteiger charge is 2.18. The summed E-state index contributed by atoms with van der Waals surface area (Å²) in [7, 11) is 2.14. The van der Waals surface area contributed by atoms with Crippen molar-refractivity contribution in [1.29, 1.82) is 0 Å². The third-order valence-electron chi connectivity index (χ3n) is 6.43. The number of H-pyrrole nitrogens is 2. The van der Waals surface area contributed by atoms with Crippen molar-refractivity contribution in [3.8, 4) is 17.1 Å². The van der Waals surface area contributed by atoms with E-state index in [1.807, 2.05) is 12.1 Å². The van der Waals surface area contributed by atoms with E-state index in [1.54, 1.807) is 36.4 Å². The van der Waals surface area contributed by atoms with Gasteiger partial charge in [0, 0.05) is 43.0 Å². The van der Waals surface area contributed by atoms with Crippen LogP contribution < -0.4 is 4.90 Å². The molecule has 0 amide bonds. The van der Waals surface area contributed by atoms with Crippen LogP contribution in [0.3, 0.4) is 0 Å². The summed E-state index contributed by atoms with van der Waals surface area (Å²) in [6.07, 6.45) is 0. The van der Waals surface area contributed by atoms with Crippen molar-refractivity contribution in [3.63, 3.8) is 0 Å². The Morgan fingerprint density at radius 1 is 0.811 bits per heavy atom. The number of halogens is 3. The Morgan fingerprint density at radius 3 is 2.19 bits per heavy atom. The minimum atomic E-state index is -0.167. The molecule has 1 aliphatic rings. The van der Waals surface area contributed by atoms with Crippen LogP contribution in [0.25, 0.3) is 33.5 Å². The molecule has 0 atom stereocenters. The zero-order chi connectivity index (χ0) is 23.2. The Morgan fingerprint density at radius 2 is 1.46 bits per heavy atom. The fraction of sp³-hybridized carbons (Fsp3) is 0.192. The third-order valence-corrected chi connectivity index (χ3v) is 6.43. The number of hydrogen-bond donors (Lipinski definition) is 3. The maximum absolute atomic E-state index is 13.2. The molecule has 0 radical (unpaired) electrons. The molecule has 0 saturated carbocycles. The maximum Gasteiger partial charge on any atom is 0.228 e. The first-order valence-electron chi connectivity index (χ1n) is 11.3. The lowest BCUT2D eigenvalue weighted by Crippen LogP contribution is -2.44. The number of nitrogens with zero attached hydrogens (tertiary/aromatic N) is 4. The molecule has 11 heteroatoms. The smallest absolute Gasteiger partial charge is 0.228 e. The second kappa shape index (κ2) is 11.4. The molecule has 194 valence electrons. The number of phenolic OH excluding ortho intramolecular Hbond substituents is 1. The number of anilines is 1. The number of hydrogen-bond acceptors (Lipinski definition) is 6. The molecular formula is C26H27Cl3N6O2. The summed E-state index contributed by atoms with van der Waals surface area (Å²) < 4.78 is 0. The van der Waals surface area contributed by atoms with E-state index in [-0.39, 0.29) is 48.8 Å². The number of aromatic amines is 2. The second-order valence-corrected chi connectivity index (χ2v) is 8.77. The SMILES string of the molecule is CN1CCN(c2ccc3nc(C(=O)c4ccc5nc(-c6ccc(O)cc6)[nH]c5c4)[nH]c3c2)CC1.Cl.Cl.Cl.